The molecule has 0 atom stereocenters. The summed E-state index contributed by atoms with van der Waals surface area (Å²) in [6.45, 7) is 0. The minimum atomic E-state index is 0.436. The van der Waals surface area contributed by atoms with Gasteiger partial charge in [-0.15, -0.1) is 5.10 Å². The van der Waals surface area contributed by atoms with E-state index in [-0.39, 0.29) is 0 Å². The van der Waals surface area contributed by atoms with E-state index in [9.17, 15) is 0 Å². The van der Waals surface area contributed by atoms with Gasteiger partial charge in [0.05, 0.1) is 22.1 Å². The molecule has 108 valence electrons. The molecule has 1 aromatic carbocycles. The molecule has 0 bridgehead atoms. The van der Waals surface area contributed by atoms with Crippen LogP contribution < -0.4 is 11.1 Å². The first-order valence-electron chi connectivity index (χ1n) is 6.68. The second kappa shape index (κ2) is 5.12. The minimum absolute atomic E-state index is 0.436. The van der Waals surface area contributed by atoms with Gasteiger partial charge in [-0.1, -0.05) is 23.5 Å². The van der Waals surface area contributed by atoms with E-state index in [1.54, 1.807) is 34.5 Å². The van der Waals surface area contributed by atoms with Crippen LogP contribution in [0.15, 0.2) is 54.9 Å². The van der Waals surface area contributed by atoms with Gasteiger partial charge in [0, 0.05) is 12.3 Å². The highest BCUT2D eigenvalue weighted by Gasteiger charge is 2.12. The lowest BCUT2D eigenvalue weighted by atomic mass is 10.3. The summed E-state index contributed by atoms with van der Waals surface area (Å²) in [4.78, 5) is 8.69. The fourth-order valence-corrected chi connectivity index (χ4v) is 3.10. The third-order valence-corrected chi connectivity index (χ3v) is 4.14. The maximum absolute atomic E-state index is 5.85. The number of benzene rings is 1. The number of para-hydroxylation sites is 1. The number of pyridine rings is 1. The smallest absolute Gasteiger partial charge is 0.213 e. The highest BCUT2D eigenvalue weighted by molar-refractivity contribution is 7.20. The van der Waals surface area contributed by atoms with Crippen molar-refractivity contribution in [2.24, 2.45) is 0 Å². The van der Waals surface area contributed by atoms with Crippen molar-refractivity contribution >= 4 is 38.9 Å². The summed E-state index contributed by atoms with van der Waals surface area (Å²) >= 11 is 1.57. The van der Waals surface area contributed by atoms with Gasteiger partial charge in [-0.2, -0.15) is 4.68 Å². The normalized spacial score (nSPS) is 10.9. The molecule has 0 aliphatic rings. The van der Waals surface area contributed by atoms with Gasteiger partial charge < -0.3 is 11.1 Å². The zero-order valence-electron chi connectivity index (χ0n) is 11.5. The van der Waals surface area contributed by atoms with Crippen LogP contribution in [-0.4, -0.2) is 19.7 Å². The third-order valence-electron chi connectivity index (χ3n) is 3.13. The lowest BCUT2D eigenvalue weighted by Crippen LogP contribution is -2.02. The van der Waals surface area contributed by atoms with E-state index in [4.69, 9.17) is 5.73 Å². The molecule has 3 N–H and O–H groups in total. The average molecular weight is 308 g/mol. The van der Waals surface area contributed by atoms with Gasteiger partial charge in [0.2, 0.25) is 5.13 Å². The predicted molar refractivity (Wildman–Crippen MR) is 88.7 cm³/mol. The van der Waals surface area contributed by atoms with Crippen LogP contribution in [-0.2, 0) is 0 Å². The fourth-order valence-electron chi connectivity index (χ4n) is 2.17. The highest BCUT2D eigenvalue weighted by atomic mass is 32.1. The number of aromatic nitrogens is 4. The van der Waals surface area contributed by atoms with Crippen LogP contribution in [0.1, 0.15) is 0 Å². The van der Waals surface area contributed by atoms with Crippen LogP contribution in [0, 0.1) is 0 Å². The van der Waals surface area contributed by atoms with Gasteiger partial charge in [0.25, 0.3) is 0 Å². The Morgan fingerprint density at radius 2 is 2.05 bits per heavy atom. The van der Waals surface area contributed by atoms with Crippen molar-refractivity contribution in [2.45, 2.75) is 0 Å². The standard InChI is InChI=1S/C15H12N6S/c16-13-8-14(18-10-4-3-7-17-9-10)21(20-13)15-19-11-5-1-2-6-12(11)22-15/h1-9,18H,(H2,16,20). The van der Waals surface area contributed by atoms with Crippen LogP contribution in [0.3, 0.4) is 0 Å². The van der Waals surface area contributed by atoms with Crippen molar-refractivity contribution < 1.29 is 0 Å². The van der Waals surface area contributed by atoms with Gasteiger partial charge >= 0.3 is 0 Å². The molecule has 0 unspecified atom stereocenters. The maximum atomic E-state index is 5.85. The van der Waals surface area contributed by atoms with Crippen molar-refractivity contribution in [1.82, 2.24) is 19.7 Å². The first kappa shape index (κ1) is 12.8. The van der Waals surface area contributed by atoms with Crippen LogP contribution in [0.2, 0.25) is 0 Å². The number of hydrogen-bond acceptors (Lipinski definition) is 6. The highest BCUT2D eigenvalue weighted by Crippen LogP contribution is 2.28. The summed E-state index contributed by atoms with van der Waals surface area (Å²) < 4.78 is 2.83. The summed E-state index contributed by atoms with van der Waals surface area (Å²) in [5, 5.41) is 8.36. The van der Waals surface area contributed by atoms with E-state index in [0.717, 1.165) is 26.9 Å². The monoisotopic (exact) mass is 308 g/mol. The Bertz CT molecular complexity index is 895. The first-order valence-corrected chi connectivity index (χ1v) is 7.50. The Balaban J connectivity index is 1.78. The molecule has 6 nitrogen and oxygen atoms in total. The van der Waals surface area contributed by atoms with E-state index in [1.165, 1.54) is 0 Å². The average Bonchev–Trinajstić information content (AvgIpc) is 3.11. The second-order valence-corrected chi connectivity index (χ2v) is 5.71. The number of nitrogens with two attached hydrogens (primary N) is 1. The number of thiazole rings is 1. The SMILES string of the molecule is Nc1cc(Nc2cccnc2)n(-c2nc3ccccc3s2)n1. The molecular formula is C15H12N6S. The summed E-state index contributed by atoms with van der Waals surface area (Å²) in [6, 6.07) is 13.6. The zero-order chi connectivity index (χ0) is 14.9. The fraction of sp³-hybridized carbons (Fsp3) is 0. The largest absolute Gasteiger partial charge is 0.382 e. The Morgan fingerprint density at radius 3 is 2.86 bits per heavy atom. The summed E-state index contributed by atoms with van der Waals surface area (Å²) in [5.74, 6) is 1.19. The molecule has 0 saturated carbocycles. The topological polar surface area (TPSA) is 81.6 Å². The van der Waals surface area contributed by atoms with E-state index in [2.05, 4.69) is 20.4 Å². The molecule has 0 aliphatic heterocycles. The van der Waals surface area contributed by atoms with Gasteiger partial charge in [0.15, 0.2) is 0 Å². The molecule has 0 fully saturated rings. The molecular weight excluding hydrogens is 296 g/mol. The number of nitrogens with zero attached hydrogens (tertiary/aromatic N) is 4. The molecule has 0 aliphatic carbocycles. The van der Waals surface area contributed by atoms with Gasteiger partial charge in [-0.05, 0) is 24.3 Å². The molecule has 0 amide bonds. The number of nitrogen functional groups attached to an aromatic ring is 1. The Kier molecular flexibility index (Phi) is 2.97. The summed E-state index contributed by atoms with van der Waals surface area (Å²) in [7, 11) is 0. The zero-order valence-corrected chi connectivity index (χ0v) is 12.3. The maximum Gasteiger partial charge on any atom is 0.213 e. The van der Waals surface area contributed by atoms with Crippen LogP contribution in [0.25, 0.3) is 15.3 Å². The van der Waals surface area contributed by atoms with E-state index < -0.39 is 0 Å². The number of anilines is 3. The second-order valence-electron chi connectivity index (χ2n) is 4.70. The first-order chi connectivity index (χ1) is 10.8. The number of rotatable bonds is 3. The van der Waals surface area contributed by atoms with Crippen molar-refractivity contribution in [2.75, 3.05) is 11.1 Å². The molecule has 4 rings (SSSR count). The minimum Gasteiger partial charge on any atom is -0.382 e. The number of hydrogen-bond donors (Lipinski definition) is 2. The molecule has 3 heterocycles. The third kappa shape index (κ3) is 2.27. The molecule has 22 heavy (non-hydrogen) atoms. The quantitative estimate of drug-likeness (QED) is 0.607. The molecule has 4 aromatic rings. The molecule has 0 spiro atoms. The van der Waals surface area contributed by atoms with Crippen molar-refractivity contribution in [3.63, 3.8) is 0 Å². The van der Waals surface area contributed by atoms with Crippen molar-refractivity contribution in [3.05, 3.63) is 54.9 Å². The van der Waals surface area contributed by atoms with Crippen molar-refractivity contribution in [3.8, 4) is 5.13 Å². The summed E-state index contributed by atoms with van der Waals surface area (Å²) in [5.41, 5.74) is 7.67. The van der Waals surface area contributed by atoms with Crippen LogP contribution >= 0.6 is 11.3 Å². The molecule has 3 aromatic heterocycles. The Hall–Kier alpha value is -2.93. The lowest BCUT2D eigenvalue weighted by Gasteiger charge is -2.06. The van der Waals surface area contributed by atoms with Gasteiger partial charge in [-0.3, -0.25) is 4.98 Å². The van der Waals surface area contributed by atoms with E-state index in [1.807, 2.05) is 36.4 Å². The Morgan fingerprint density at radius 1 is 1.14 bits per heavy atom. The van der Waals surface area contributed by atoms with Crippen LogP contribution in [0.5, 0.6) is 0 Å². The van der Waals surface area contributed by atoms with Gasteiger partial charge in [0.1, 0.15) is 11.6 Å². The molecule has 7 heteroatoms. The number of nitrogens with one attached hydrogen (secondary N) is 1. The van der Waals surface area contributed by atoms with Crippen molar-refractivity contribution in [1.29, 1.82) is 0 Å². The number of fused-ring (bicyclic) bond motifs is 1. The predicted octanol–water partition coefficient (Wildman–Crippen LogP) is 3.20. The lowest BCUT2D eigenvalue weighted by molar-refractivity contribution is 0.885. The van der Waals surface area contributed by atoms with Gasteiger partial charge in [-0.25, -0.2) is 4.98 Å². The molecule has 0 saturated heterocycles. The van der Waals surface area contributed by atoms with E-state index in [0.29, 0.717) is 5.82 Å². The molecule has 0 radical (unpaired) electrons. The summed E-state index contributed by atoms with van der Waals surface area (Å²) in [6.07, 6.45) is 3.47. The van der Waals surface area contributed by atoms with Crippen LogP contribution in [0.4, 0.5) is 17.3 Å². The Labute approximate surface area is 130 Å². The van der Waals surface area contributed by atoms with E-state index >= 15 is 0 Å².